The molecule has 1 heterocycles. The lowest BCUT2D eigenvalue weighted by molar-refractivity contribution is 0.491. The Hall–Kier alpha value is -1.33. The zero-order chi connectivity index (χ0) is 13.2. The van der Waals surface area contributed by atoms with Gasteiger partial charge < -0.3 is 5.32 Å². The van der Waals surface area contributed by atoms with Gasteiger partial charge in [0.05, 0.1) is 11.7 Å². The molecule has 1 atom stereocenters. The van der Waals surface area contributed by atoms with Crippen molar-refractivity contribution in [2.24, 2.45) is 0 Å². The second-order valence-corrected chi connectivity index (χ2v) is 4.37. The van der Waals surface area contributed by atoms with Crippen molar-refractivity contribution < 1.29 is 0 Å². The summed E-state index contributed by atoms with van der Waals surface area (Å²) in [7, 11) is 0. The summed E-state index contributed by atoms with van der Waals surface area (Å²) in [5, 5.41) is 3.59. The molecule has 2 heteroatoms. The molecule has 0 aromatic carbocycles. The van der Waals surface area contributed by atoms with Crippen LogP contribution in [0.4, 0.5) is 0 Å². The Morgan fingerprint density at radius 1 is 1.39 bits per heavy atom. The van der Waals surface area contributed by atoms with Gasteiger partial charge >= 0.3 is 0 Å². The molecule has 1 unspecified atom stereocenters. The molecule has 0 saturated heterocycles. The lowest BCUT2D eigenvalue weighted by Crippen LogP contribution is -2.24. The maximum atomic E-state index is 4.57. The van der Waals surface area contributed by atoms with E-state index in [4.69, 9.17) is 0 Å². The van der Waals surface area contributed by atoms with Crippen molar-refractivity contribution in [3.8, 4) is 11.8 Å². The monoisotopic (exact) mass is 244 g/mol. The van der Waals surface area contributed by atoms with Gasteiger partial charge in [-0.2, -0.15) is 0 Å². The lowest BCUT2D eigenvalue weighted by atomic mass is 10.0. The van der Waals surface area contributed by atoms with Crippen molar-refractivity contribution in [1.82, 2.24) is 10.3 Å². The van der Waals surface area contributed by atoms with Crippen molar-refractivity contribution >= 4 is 0 Å². The van der Waals surface area contributed by atoms with E-state index < -0.39 is 0 Å². The van der Waals surface area contributed by atoms with Crippen molar-refractivity contribution in [2.45, 2.75) is 52.5 Å². The number of pyridine rings is 1. The molecule has 1 aromatic rings. The van der Waals surface area contributed by atoms with Crippen molar-refractivity contribution in [3.05, 3.63) is 29.6 Å². The van der Waals surface area contributed by atoms with E-state index in [0.29, 0.717) is 6.04 Å². The number of hydrogen-bond donors (Lipinski definition) is 1. The molecule has 0 saturated carbocycles. The van der Waals surface area contributed by atoms with Gasteiger partial charge in [0.15, 0.2) is 0 Å². The predicted octanol–water partition coefficient (Wildman–Crippen LogP) is 3.49. The highest BCUT2D eigenvalue weighted by atomic mass is 14.9. The van der Waals surface area contributed by atoms with Gasteiger partial charge in [-0.1, -0.05) is 19.9 Å². The number of aromatic nitrogens is 1. The van der Waals surface area contributed by atoms with Gasteiger partial charge in [-0.05, 0) is 44.4 Å². The van der Waals surface area contributed by atoms with Crippen LogP contribution in [-0.4, -0.2) is 11.5 Å². The van der Waals surface area contributed by atoms with Crippen molar-refractivity contribution in [2.75, 3.05) is 6.54 Å². The van der Waals surface area contributed by atoms with Crippen molar-refractivity contribution in [1.29, 1.82) is 0 Å². The number of aryl methyl sites for hydroxylation is 1. The minimum Gasteiger partial charge on any atom is -0.309 e. The Labute approximate surface area is 111 Å². The summed E-state index contributed by atoms with van der Waals surface area (Å²) in [4.78, 5) is 4.57. The molecule has 0 fully saturated rings. The number of hydrogen-bond acceptors (Lipinski definition) is 2. The molecule has 0 aliphatic rings. The topological polar surface area (TPSA) is 24.9 Å². The normalized spacial score (nSPS) is 11.7. The standard InChI is InChI=1S/C16H24N2/c1-4-7-8-11-15(17-12-5-2)16-14(6-3)10-9-13-18-16/h9-10,13,15,17H,5-6,8,11-12H2,1-3H3. The van der Waals surface area contributed by atoms with Gasteiger partial charge in [0, 0.05) is 12.6 Å². The Morgan fingerprint density at radius 3 is 2.89 bits per heavy atom. The third kappa shape index (κ3) is 4.50. The summed E-state index contributed by atoms with van der Waals surface area (Å²) in [6.45, 7) is 7.30. The van der Waals surface area contributed by atoms with Crippen LogP contribution in [0.5, 0.6) is 0 Å². The maximum absolute atomic E-state index is 4.57. The second-order valence-electron chi connectivity index (χ2n) is 4.37. The summed E-state index contributed by atoms with van der Waals surface area (Å²) in [6.07, 6.45) is 6.03. The first-order valence-electron chi connectivity index (χ1n) is 6.90. The van der Waals surface area contributed by atoms with E-state index in [1.807, 2.05) is 19.2 Å². The molecular weight excluding hydrogens is 220 g/mol. The second kappa shape index (κ2) is 8.72. The van der Waals surface area contributed by atoms with Crippen LogP contribution >= 0.6 is 0 Å². The molecule has 98 valence electrons. The zero-order valence-corrected chi connectivity index (χ0v) is 11.8. The van der Waals surface area contributed by atoms with Crippen LogP contribution in [0.2, 0.25) is 0 Å². The smallest absolute Gasteiger partial charge is 0.0605 e. The summed E-state index contributed by atoms with van der Waals surface area (Å²) in [5.41, 5.74) is 2.54. The van der Waals surface area contributed by atoms with Crippen LogP contribution in [-0.2, 0) is 6.42 Å². The first-order valence-corrected chi connectivity index (χ1v) is 6.90. The largest absolute Gasteiger partial charge is 0.309 e. The van der Waals surface area contributed by atoms with Gasteiger partial charge in [0.25, 0.3) is 0 Å². The molecule has 0 aliphatic carbocycles. The zero-order valence-electron chi connectivity index (χ0n) is 11.8. The van der Waals surface area contributed by atoms with E-state index in [2.05, 4.69) is 42.1 Å². The summed E-state index contributed by atoms with van der Waals surface area (Å²) >= 11 is 0. The fraction of sp³-hybridized carbons (Fsp3) is 0.562. The molecule has 0 amide bonds. The molecule has 1 N–H and O–H groups in total. The summed E-state index contributed by atoms with van der Waals surface area (Å²) in [5.74, 6) is 6.11. The van der Waals surface area contributed by atoms with Crippen LogP contribution in [0.25, 0.3) is 0 Å². The molecular formula is C16H24N2. The van der Waals surface area contributed by atoms with E-state index in [-0.39, 0.29) is 0 Å². The Kier molecular flexibility index (Phi) is 7.13. The highest BCUT2D eigenvalue weighted by Crippen LogP contribution is 2.20. The minimum absolute atomic E-state index is 0.335. The minimum atomic E-state index is 0.335. The van der Waals surface area contributed by atoms with Crippen LogP contribution in [0.15, 0.2) is 18.3 Å². The van der Waals surface area contributed by atoms with E-state index >= 15 is 0 Å². The van der Waals surface area contributed by atoms with Gasteiger partial charge in [-0.25, -0.2) is 0 Å². The fourth-order valence-electron chi connectivity index (χ4n) is 2.06. The fourth-order valence-corrected chi connectivity index (χ4v) is 2.06. The van der Waals surface area contributed by atoms with E-state index in [9.17, 15) is 0 Å². The number of rotatable bonds is 7. The quantitative estimate of drug-likeness (QED) is 0.743. The van der Waals surface area contributed by atoms with Gasteiger partial charge in [-0.3, -0.25) is 4.98 Å². The molecule has 1 rings (SSSR count). The number of nitrogens with one attached hydrogen (secondary N) is 1. The first-order chi connectivity index (χ1) is 8.83. The third-order valence-electron chi connectivity index (χ3n) is 3.01. The summed E-state index contributed by atoms with van der Waals surface area (Å²) < 4.78 is 0. The average Bonchev–Trinajstić information content (AvgIpc) is 2.42. The van der Waals surface area contributed by atoms with Crippen LogP contribution in [0.3, 0.4) is 0 Å². The van der Waals surface area contributed by atoms with Gasteiger partial charge in [0.1, 0.15) is 0 Å². The molecule has 2 nitrogen and oxygen atoms in total. The Morgan fingerprint density at radius 2 is 2.22 bits per heavy atom. The Bertz CT molecular complexity index is 401. The Balaban J connectivity index is 2.81. The highest BCUT2D eigenvalue weighted by Gasteiger charge is 2.14. The predicted molar refractivity (Wildman–Crippen MR) is 77.3 cm³/mol. The molecule has 0 bridgehead atoms. The highest BCUT2D eigenvalue weighted by molar-refractivity contribution is 5.23. The van der Waals surface area contributed by atoms with E-state index in [1.165, 1.54) is 11.3 Å². The van der Waals surface area contributed by atoms with Crippen LogP contribution in [0, 0.1) is 11.8 Å². The third-order valence-corrected chi connectivity index (χ3v) is 3.01. The average molecular weight is 244 g/mol. The number of nitrogens with zero attached hydrogens (tertiary/aromatic N) is 1. The van der Waals surface area contributed by atoms with Gasteiger partial charge in [-0.15, -0.1) is 11.8 Å². The van der Waals surface area contributed by atoms with Gasteiger partial charge in [0.2, 0.25) is 0 Å². The maximum Gasteiger partial charge on any atom is 0.0605 e. The SMILES string of the molecule is CC#CCCC(NCCC)c1ncccc1CC. The van der Waals surface area contributed by atoms with Crippen molar-refractivity contribution in [3.63, 3.8) is 0 Å². The molecule has 1 aromatic heterocycles. The van der Waals surface area contributed by atoms with Crippen LogP contribution in [0.1, 0.15) is 57.3 Å². The van der Waals surface area contributed by atoms with E-state index in [1.54, 1.807) is 0 Å². The molecule has 0 aliphatic heterocycles. The van der Waals surface area contributed by atoms with Crippen LogP contribution < -0.4 is 5.32 Å². The van der Waals surface area contributed by atoms with E-state index in [0.717, 1.165) is 32.2 Å². The molecule has 0 spiro atoms. The summed E-state index contributed by atoms with van der Waals surface area (Å²) in [6, 6.07) is 4.53. The lowest BCUT2D eigenvalue weighted by Gasteiger charge is -2.19. The molecule has 18 heavy (non-hydrogen) atoms. The first kappa shape index (κ1) is 14.7. The molecule has 0 radical (unpaired) electrons.